The lowest BCUT2D eigenvalue weighted by Crippen LogP contribution is -2.32. The summed E-state index contributed by atoms with van der Waals surface area (Å²) in [6.07, 6.45) is 3.27. The van der Waals surface area contributed by atoms with Gasteiger partial charge >= 0.3 is 0 Å². The maximum atomic E-state index is 9.42. The number of anilines is 1. The molecule has 1 heterocycles. The summed E-state index contributed by atoms with van der Waals surface area (Å²) in [4.78, 5) is 1.97. The molecule has 3 atom stereocenters. The van der Waals surface area contributed by atoms with Crippen LogP contribution >= 0.6 is 23.1 Å². The summed E-state index contributed by atoms with van der Waals surface area (Å²) in [5.41, 5.74) is 0.315. The van der Waals surface area contributed by atoms with E-state index in [9.17, 15) is 5.26 Å². The van der Waals surface area contributed by atoms with Crippen LogP contribution in [0, 0.1) is 28.6 Å². The second-order valence-corrected chi connectivity index (χ2v) is 9.46. The van der Waals surface area contributed by atoms with Gasteiger partial charge in [-0.1, -0.05) is 43.9 Å². The molecule has 1 saturated carbocycles. The molecule has 1 aromatic heterocycles. The van der Waals surface area contributed by atoms with Crippen molar-refractivity contribution < 1.29 is 0 Å². The van der Waals surface area contributed by atoms with E-state index in [-0.39, 0.29) is 5.92 Å². The van der Waals surface area contributed by atoms with Crippen LogP contribution in [0.1, 0.15) is 40.0 Å². The zero-order chi connectivity index (χ0) is 15.6. The Hall–Kier alpha value is -0.800. The van der Waals surface area contributed by atoms with Crippen molar-refractivity contribution in [1.29, 1.82) is 5.26 Å². The molecule has 0 amide bonds. The third-order valence-corrected chi connectivity index (χ3v) is 6.74. The lowest BCUT2D eigenvalue weighted by Gasteiger charge is -2.39. The molecule has 1 aromatic rings. The Morgan fingerprint density at radius 1 is 1.29 bits per heavy atom. The molecule has 0 radical (unpaired) electrons. The summed E-state index contributed by atoms with van der Waals surface area (Å²) < 4.78 is 0.985. The minimum atomic E-state index is 0.139. The SMILES string of the molecule is CN(C)c1nnc(SC2CC(C(C)(C)C)CCC2C#N)s1. The van der Waals surface area contributed by atoms with Crippen LogP contribution in [-0.2, 0) is 0 Å². The fourth-order valence-electron chi connectivity index (χ4n) is 2.75. The van der Waals surface area contributed by atoms with Crippen LogP contribution in [0.5, 0.6) is 0 Å². The number of rotatable bonds is 3. The molecule has 4 nitrogen and oxygen atoms in total. The largest absolute Gasteiger partial charge is 0.353 e. The van der Waals surface area contributed by atoms with Gasteiger partial charge in [-0.05, 0) is 30.6 Å². The molecule has 3 unspecified atom stereocenters. The predicted molar refractivity (Wildman–Crippen MR) is 89.8 cm³/mol. The van der Waals surface area contributed by atoms with E-state index in [0.717, 1.165) is 28.7 Å². The van der Waals surface area contributed by atoms with Crippen molar-refractivity contribution >= 4 is 28.2 Å². The molecule has 0 aromatic carbocycles. The van der Waals surface area contributed by atoms with Crippen LogP contribution in [0.2, 0.25) is 0 Å². The Morgan fingerprint density at radius 2 is 2.00 bits per heavy atom. The Balaban J connectivity index is 2.08. The van der Waals surface area contributed by atoms with Gasteiger partial charge in [0.1, 0.15) is 0 Å². The first kappa shape index (κ1) is 16.6. The quantitative estimate of drug-likeness (QED) is 0.839. The first-order chi connectivity index (χ1) is 9.81. The highest BCUT2D eigenvalue weighted by atomic mass is 32.2. The van der Waals surface area contributed by atoms with Crippen LogP contribution in [0.25, 0.3) is 0 Å². The summed E-state index contributed by atoms with van der Waals surface area (Å²) in [5.74, 6) is 0.821. The summed E-state index contributed by atoms with van der Waals surface area (Å²) in [6.45, 7) is 6.92. The summed E-state index contributed by atoms with van der Waals surface area (Å²) in [7, 11) is 3.95. The van der Waals surface area contributed by atoms with Crippen LogP contribution in [0.4, 0.5) is 5.13 Å². The highest BCUT2D eigenvalue weighted by Gasteiger charge is 2.37. The second kappa shape index (κ2) is 6.53. The van der Waals surface area contributed by atoms with Crippen molar-refractivity contribution in [2.75, 3.05) is 19.0 Å². The molecule has 1 aliphatic rings. The molecular weight excluding hydrogens is 300 g/mol. The highest BCUT2D eigenvalue weighted by molar-refractivity contribution is 8.01. The van der Waals surface area contributed by atoms with E-state index in [4.69, 9.17) is 0 Å². The molecule has 0 spiro atoms. The van der Waals surface area contributed by atoms with Crippen molar-refractivity contribution in [3.05, 3.63) is 0 Å². The average Bonchev–Trinajstić information content (AvgIpc) is 2.86. The van der Waals surface area contributed by atoms with E-state index in [2.05, 4.69) is 37.0 Å². The van der Waals surface area contributed by atoms with Crippen molar-refractivity contribution in [3.8, 4) is 6.07 Å². The lowest BCUT2D eigenvalue weighted by molar-refractivity contribution is 0.169. The number of nitriles is 1. The third kappa shape index (κ3) is 4.10. The Kier molecular flexibility index (Phi) is 5.15. The topological polar surface area (TPSA) is 52.8 Å². The van der Waals surface area contributed by atoms with Crippen LogP contribution in [0.15, 0.2) is 4.34 Å². The van der Waals surface area contributed by atoms with Gasteiger partial charge in [-0.3, -0.25) is 0 Å². The number of thioether (sulfide) groups is 1. The van der Waals surface area contributed by atoms with E-state index in [1.807, 2.05) is 19.0 Å². The van der Waals surface area contributed by atoms with Crippen molar-refractivity contribution in [3.63, 3.8) is 0 Å². The summed E-state index contributed by atoms with van der Waals surface area (Å²) >= 11 is 3.36. The zero-order valence-electron chi connectivity index (χ0n) is 13.5. The highest BCUT2D eigenvalue weighted by Crippen LogP contribution is 2.46. The minimum absolute atomic E-state index is 0.139. The minimum Gasteiger partial charge on any atom is -0.353 e. The molecule has 1 fully saturated rings. The number of hydrogen-bond donors (Lipinski definition) is 0. The maximum absolute atomic E-state index is 9.42. The normalized spacial score (nSPS) is 26.4. The Morgan fingerprint density at radius 3 is 2.52 bits per heavy atom. The standard InChI is InChI=1S/C15H24N4S2/c1-15(2,3)11-7-6-10(9-16)12(8-11)20-14-18-17-13(21-14)19(4)5/h10-12H,6-8H2,1-5H3. The van der Waals surface area contributed by atoms with Crippen LogP contribution in [0.3, 0.4) is 0 Å². The van der Waals surface area contributed by atoms with E-state index < -0.39 is 0 Å². The van der Waals surface area contributed by atoms with Crippen molar-refractivity contribution in [2.24, 2.45) is 17.3 Å². The lowest BCUT2D eigenvalue weighted by atomic mass is 9.70. The molecule has 0 saturated heterocycles. The fourth-order valence-corrected chi connectivity index (χ4v) is 5.08. The molecular formula is C15H24N4S2. The third-order valence-electron chi connectivity index (χ3n) is 4.21. The van der Waals surface area contributed by atoms with E-state index in [1.54, 1.807) is 23.1 Å². The van der Waals surface area contributed by atoms with Gasteiger partial charge in [-0.15, -0.1) is 10.2 Å². The van der Waals surface area contributed by atoms with Crippen molar-refractivity contribution in [1.82, 2.24) is 10.2 Å². The van der Waals surface area contributed by atoms with Gasteiger partial charge < -0.3 is 4.90 Å². The first-order valence-corrected chi connectivity index (χ1v) is 9.08. The fraction of sp³-hybridized carbons (Fsp3) is 0.800. The Bertz CT molecular complexity index is 512. The first-order valence-electron chi connectivity index (χ1n) is 7.38. The molecule has 0 N–H and O–H groups in total. The average molecular weight is 325 g/mol. The van der Waals surface area contributed by atoms with Gasteiger partial charge in [0, 0.05) is 19.3 Å². The van der Waals surface area contributed by atoms with Gasteiger partial charge in [0.2, 0.25) is 5.13 Å². The van der Waals surface area contributed by atoms with Crippen LogP contribution in [-0.4, -0.2) is 29.5 Å². The van der Waals surface area contributed by atoms with Crippen molar-refractivity contribution in [2.45, 2.75) is 49.6 Å². The molecule has 6 heteroatoms. The maximum Gasteiger partial charge on any atom is 0.208 e. The van der Waals surface area contributed by atoms with E-state index in [0.29, 0.717) is 16.6 Å². The summed E-state index contributed by atoms with van der Waals surface area (Å²) in [6, 6.07) is 2.50. The van der Waals surface area contributed by atoms with Gasteiger partial charge in [-0.2, -0.15) is 5.26 Å². The summed E-state index contributed by atoms with van der Waals surface area (Å²) in [5, 5.41) is 19.1. The molecule has 0 bridgehead atoms. The monoisotopic (exact) mass is 324 g/mol. The smallest absolute Gasteiger partial charge is 0.208 e. The number of hydrogen-bond acceptors (Lipinski definition) is 6. The van der Waals surface area contributed by atoms with Gasteiger partial charge in [0.05, 0.1) is 12.0 Å². The van der Waals surface area contributed by atoms with Crippen LogP contribution < -0.4 is 4.90 Å². The van der Waals surface area contributed by atoms with Gasteiger partial charge in [-0.25, -0.2) is 0 Å². The van der Waals surface area contributed by atoms with E-state index in [1.165, 1.54) is 0 Å². The number of aromatic nitrogens is 2. The second-order valence-electron chi connectivity index (χ2n) is 7.01. The molecule has 116 valence electrons. The van der Waals surface area contributed by atoms with E-state index >= 15 is 0 Å². The zero-order valence-corrected chi connectivity index (χ0v) is 15.1. The predicted octanol–water partition coefficient (Wildman–Crippen LogP) is 4.05. The van der Waals surface area contributed by atoms with Gasteiger partial charge in [0.25, 0.3) is 0 Å². The molecule has 2 rings (SSSR count). The molecule has 0 aliphatic heterocycles. The van der Waals surface area contributed by atoms with Gasteiger partial charge in [0.15, 0.2) is 4.34 Å². The Labute approximate surface area is 135 Å². The number of nitrogens with zero attached hydrogens (tertiary/aromatic N) is 4. The molecule has 21 heavy (non-hydrogen) atoms. The molecule has 1 aliphatic carbocycles.